The zero-order chi connectivity index (χ0) is 16.3. The van der Waals surface area contributed by atoms with Gasteiger partial charge in [-0.1, -0.05) is 0 Å². The van der Waals surface area contributed by atoms with Crippen molar-refractivity contribution in [3.05, 3.63) is 0 Å². The van der Waals surface area contributed by atoms with E-state index in [1.54, 1.807) is 0 Å². The highest BCUT2D eigenvalue weighted by Crippen LogP contribution is 2.26. The van der Waals surface area contributed by atoms with Crippen molar-refractivity contribution in [2.75, 3.05) is 13.2 Å². The van der Waals surface area contributed by atoms with Gasteiger partial charge in [-0.25, -0.2) is 4.79 Å². The summed E-state index contributed by atoms with van der Waals surface area (Å²) in [6.45, 7) is 11.5. The molecule has 1 aliphatic carbocycles. The molecule has 2 aliphatic rings. The second-order valence-electron chi connectivity index (χ2n) is 7.66. The maximum absolute atomic E-state index is 12.2. The molecule has 2 unspecified atom stereocenters. The quantitative estimate of drug-likeness (QED) is 0.867. The van der Waals surface area contributed by atoms with Crippen molar-refractivity contribution in [2.45, 2.75) is 90.1 Å². The van der Waals surface area contributed by atoms with Crippen LogP contribution in [0.4, 0.5) is 4.79 Å². The first-order valence-electron chi connectivity index (χ1n) is 8.65. The third kappa shape index (κ3) is 4.85. The molecule has 2 rings (SSSR count). The first-order chi connectivity index (χ1) is 10.3. The van der Waals surface area contributed by atoms with Gasteiger partial charge in [0.05, 0.1) is 6.10 Å². The van der Waals surface area contributed by atoms with Gasteiger partial charge in [0.1, 0.15) is 5.60 Å². The molecule has 1 saturated heterocycles. The monoisotopic (exact) mass is 312 g/mol. The van der Waals surface area contributed by atoms with Crippen LogP contribution in [0, 0.1) is 0 Å². The zero-order valence-corrected chi connectivity index (χ0v) is 14.7. The Kier molecular flexibility index (Phi) is 5.72. The van der Waals surface area contributed by atoms with E-state index in [2.05, 4.69) is 19.2 Å². The van der Waals surface area contributed by atoms with Gasteiger partial charge in [0.2, 0.25) is 0 Å². The molecule has 5 nitrogen and oxygen atoms in total. The standard InChI is InChI=1S/C17H32N2O3/c1-6-21-15-10-14(11-15)18-13-7-8-19(12(2)9-13)16(20)22-17(3,4)5/h12-15,18H,6-11H2,1-5H3. The minimum atomic E-state index is -0.424. The molecule has 0 aromatic rings. The van der Waals surface area contributed by atoms with E-state index in [4.69, 9.17) is 9.47 Å². The van der Waals surface area contributed by atoms with Gasteiger partial charge in [-0.05, 0) is 60.3 Å². The second kappa shape index (κ2) is 7.18. The van der Waals surface area contributed by atoms with Crippen LogP contribution in [0.1, 0.15) is 60.3 Å². The number of rotatable bonds is 4. The van der Waals surface area contributed by atoms with Crippen LogP contribution in [0.2, 0.25) is 0 Å². The Bertz CT molecular complexity index is 375. The lowest BCUT2D eigenvalue weighted by Gasteiger charge is -2.43. The molecule has 1 heterocycles. The fourth-order valence-electron chi connectivity index (χ4n) is 3.32. The van der Waals surface area contributed by atoms with Gasteiger partial charge >= 0.3 is 6.09 Å². The lowest BCUT2D eigenvalue weighted by Crippen LogP contribution is -2.55. The summed E-state index contributed by atoms with van der Waals surface area (Å²) in [6.07, 6.45) is 4.50. The van der Waals surface area contributed by atoms with Crippen molar-refractivity contribution < 1.29 is 14.3 Å². The third-order valence-electron chi connectivity index (χ3n) is 4.47. The molecule has 5 heteroatoms. The van der Waals surface area contributed by atoms with Crippen molar-refractivity contribution in [3.63, 3.8) is 0 Å². The van der Waals surface area contributed by atoms with Gasteiger partial charge in [-0.15, -0.1) is 0 Å². The molecule has 0 aromatic heterocycles. The fourth-order valence-corrected chi connectivity index (χ4v) is 3.32. The highest BCUT2D eigenvalue weighted by atomic mass is 16.6. The van der Waals surface area contributed by atoms with Gasteiger partial charge in [-0.3, -0.25) is 0 Å². The van der Waals surface area contributed by atoms with E-state index in [9.17, 15) is 4.79 Å². The van der Waals surface area contributed by atoms with Crippen LogP contribution >= 0.6 is 0 Å². The summed E-state index contributed by atoms with van der Waals surface area (Å²) in [6, 6.07) is 1.31. The Hall–Kier alpha value is -0.810. The van der Waals surface area contributed by atoms with Crippen molar-refractivity contribution in [3.8, 4) is 0 Å². The van der Waals surface area contributed by atoms with Crippen LogP contribution in [-0.2, 0) is 9.47 Å². The summed E-state index contributed by atoms with van der Waals surface area (Å²) in [5.41, 5.74) is -0.424. The third-order valence-corrected chi connectivity index (χ3v) is 4.47. The van der Waals surface area contributed by atoms with Crippen LogP contribution in [0.15, 0.2) is 0 Å². The van der Waals surface area contributed by atoms with E-state index in [0.717, 1.165) is 38.8 Å². The predicted octanol–water partition coefficient (Wildman–Crippen LogP) is 2.93. The molecule has 1 saturated carbocycles. The molecule has 1 aliphatic heterocycles. The molecule has 0 bridgehead atoms. The first-order valence-corrected chi connectivity index (χ1v) is 8.65. The van der Waals surface area contributed by atoms with E-state index in [1.807, 2.05) is 25.7 Å². The number of hydrogen-bond donors (Lipinski definition) is 1. The van der Waals surface area contributed by atoms with Crippen molar-refractivity contribution in [1.29, 1.82) is 0 Å². The minimum Gasteiger partial charge on any atom is -0.444 e. The van der Waals surface area contributed by atoms with E-state index >= 15 is 0 Å². The van der Waals surface area contributed by atoms with Crippen LogP contribution in [0.5, 0.6) is 0 Å². The van der Waals surface area contributed by atoms with E-state index in [1.165, 1.54) is 0 Å². The highest BCUT2D eigenvalue weighted by Gasteiger charge is 2.35. The van der Waals surface area contributed by atoms with Gasteiger partial charge in [0.15, 0.2) is 0 Å². The molecule has 1 N–H and O–H groups in total. The molecule has 128 valence electrons. The summed E-state index contributed by atoms with van der Waals surface area (Å²) in [7, 11) is 0. The number of amides is 1. The second-order valence-corrected chi connectivity index (χ2v) is 7.66. The van der Waals surface area contributed by atoms with Crippen LogP contribution in [-0.4, -0.2) is 54.0 Å². The Morgan fingerprint density at radius 1 is 1.23 bits per heavy atom. The average molecular weight is 312 g/mol. The number of piperidine rings is 1. The predicted molar refractivity (Wildman–Crippen MR) is 87.0 cm³/mol. The van der Waals surface area contributed by atoms with Crippen molar-refractivity contribution >= 4 is 6.09 Å². The van der Waals surface area contributed by atoms with Gasteiger partial charge in [-0.2, -0.15) is 0 Å². The zero-order valence-electron chi connectivity index (χ0n) is 14.7. The Balaban J connectivity index is 1.72. The number of nitrogens with one attached hydrogen (secondary N) is 1. The SMILES string of the molecule is CCOC1CC(NC2CCN(C(=O)OC(C)(C)C)C(C)C2)C1. The lowest BCUT2D eigenvalue weighted by atomic mass is 9.87. The molecule has 2 fully saturated rings. The van der Waals surface area contributed by atoms with E-state index < -0.39 is 5.60 Å². The van der Waals surface area contributed by atoms with Crippen molar-refractivity contribution in [2.24, 2.45) is 0 Å². The van der Waals surface area contributed by atoms with Gasteiger partial charge in [0, 0.05) is 31.3 Å². The molecule has 0 aromatic carbocycles. The molecule has 0 radical (unpaired) electrons. The summed E-state index contributed by atoms with van der Waals surface area (Å²) in [4.78, 5) is 14.1. The van der Waals surface area contributed by atoms with E-state index in [0.29, 0.717) is 18.2 Å². The number of carbonyl (C=O) groups is 1. The average Bonchev–Trinajstić information content (AvgIpc) is 2.34. The highest BCUT2D eigenvalue weighted by molar-refractivity contribution is 5.68. The number of likely N-dealkylation sites (tertiary alicyclic amines) is 1. The van der Waals surface area contributed by atoms with Gasteiger partial charge < -0.3 is 19.7 Å². The maximum Gasteiger partial charge on any atom is 0.410 e. The topological polar surface area (TPSA) is 50.8 Å². The first kappa shape index (κ1) is 17.5. The Labute approximate surface area is 134 Å². The van der Waals surface area contributed by atoms with E-state index in [-0.39, 0.29) is 12.1 Å². The Morgan fingerprint density at radius 2 is 1.91 bits per heavy atom. The van der Waals surface area contributed by atoms with Crippen molar-refractivity contribution in [1.82, 2.24) is 10.2 Å². The molecular weight excluding hydrogens is 280 g/mol. The van der Waals surface area contributed by atoms with Crippen LogP contribution < -0.4 is 5.32 Å². The number of hydrogen-bond acceptors (Lipinski definition) is 4. The molecule has 22 heavy (non-hydrogen) atoms. The number of carbonyl (C=O) groups excluding carboxylic acids is 1. The number of ether oxygens (including phenoxy) is 2. The molecule has 2 atom stereocenters. The minimum absolute atomic E-state index is 0.182. The largest absolute Gasteiger partial charge is 0.444 e. The summed E-state index contributed by atoms with van der Waals surface area (Å²) >= 11 is 0. The smallest absolute Gasteiger partial charge is 0.410 e. The maximum atomic E-state index is 12.2. The summed E-state index contributed by atoms with van der Waals surface area (Å²) < 4.78 is 11.1. The molecule has 1 amide bonds. The van der Waals surface area contributed by atoms with Crippen LogP contribution in [0.25, 0.3) is 0 Å². The fraction of sp³-hybridized carbons (Fsp3) is 0.941. The normalized spacial score (nSPS) is 32.5. The van der Waals surface area contributed by atoms with Crippen LogP contribution in [0.3, 0.4) is 0 Å². The molecular formula is C17H32N2O3. The lowest BCUT2D eigenvalue weighted by molar-refractivity contribution is -0.0174. The number of nitrogens with zero attached hydrogens (tertiary/aromatic N) is 1. The van der Waals surface area contributed by atoms with Gasteiger partial charge in [0.25, 0.3) is 0 Å². The summed E-state index contributed by atoms with van der Waals surface area (Å²) in [5, 5.41) is 3.72. The Morgan fingerprint density at radius 3 is 2.45 bits per heavy atom. The molecule has 0 spiro atoms. The summed E-state index contributed by atoms with van der Waals surface area (Å²) in [5.74, 6) is 0.